The molecule has 0 aliphatic heterocycles. The van der Waals surface area contributed by atoms with Crippen LogP contribution in [0.4, 0.5) is 11.4 Å². The minimum atomic E-state index is -3.26. The molecule has 0 heterocycles. The molecule has 0 aromatic heterocycles. The van der Waals surface area contributed by atoms with Crippen LogP contribution in [-0.4, -0.2) is 26.3 Å². The lowest BCUT2D eigenvalue weighted by Gasteiger charge is -2.22. The Bertz CT molecular complexity index is 423. The van der Waals surface area contributed by atoms with Crippen molar-refractivity contribution in [3.8, 4) is 0 Å². The molecule has 1 N–H and O–H groups in total. The van der Waals surface area contributed by atoms with Crippen LogP contribution in [0.15, 0.2) is 24.3 Å². The van der Waals surface area contributed by atoms with E-state index in [9.17, 15) is 4.57 Å². The van der Waals surface area contributed by atoms with Gasteiger partial charge in [0.25, 0.3) is 0 Å². The normalized spacial score (nSPS) is 11.4. The number of hydrogen-bond acceptors (Lipinski definition) is 4. The minimum Gasteiger partial charge on any atom is -0.372 e. The first-order valence-electron chi connectivity index (χ1n) is 7.10. The summed E-state index contributed by atoms with van der Waals surface area (Å²) in [5, 5.41) is 2.85. The first kappa shape index (κ1) is 17.0. The first-order chi connectivity index (χ1) is 9.58. The molecule has 5 nitrogen and oxygen atoms in total. The van der Waals surface area contributed by atoms with Gasteiger partial charge in [0, 0.05) is 24.5 Å². The summed E-state index contributed by atoms with van der Waals surface area (Å²) in [5.74, 6) is 0. The predicted molar refractivity (Wildman–Crippen MR) is 84.5 cm³/mol. The van der Waals surface area contributed by atoms with Crippen molar-refractivity contribution in [2.45, 2.75) is 27.7 Å². The molecular weight excluding hydrogens is 275 g/mol. The maximum Gasteiger partial charge on any atom is 0.432 e. The van der Waals surface area contributed by atoms with Crippen molar-refractivity contribution in [2.75, 3.05) is 36.3 Å². The molecule has 0 spiro atoms. The van der Waals surface area contributed by atoms with E-state index in [2.05, 4.69) is 23.8 Å². The van der Waals surface area contributed by atoms with Crippen molar-refractivity contribution in [3.05, 3.63) is 24.3 Å². The number of benzene rings is 1. The smallest absolute Gasteiger partial charge is 0.372 e. The van der Waals surface area contributed by atoms with E-state index in [4.69, 9.17) is 9.05 Å². The molecule has 0 bridgehead atoms. The van der Waals surface area contributed by atoms with E-state index in [0.717, 1.165) is 24.5 Å². The zero-order valence-corrected chi connectivity index (χ0v) is 13.7. The lowest BCUT2D eigenvalue weighted by atomic mass is 10.2. The van der Waals surface area contributed by atoms with E-state index < -0.39 is 7.75 Å². The standard InChI is InChI=1S/C14H25N2O3P/c1-5-16(6-2)14-11-9-13(10-12-14)15-20(17,18-7-3)19-8-4/h9-12H,5-8H2,1-4H3,(H,15,17). The summed E-state index contributed by atoms with van der Waals surface area (Å²) in [7, 11) is -3.26. The number of anilines is 2. The van der Waals surface area contributed by atoms with Gasteiger partial charge in [0.05, 0.1) is 13.2 Å². The third kappa shape index (κ3) is 4.82. The van der Waals surface area contributed by atoms with Gasteiger partial charge in [-0.25, -0.2) is 4.57 Å². The topological polar surface area (TPSA) is 50.8 Å². The average Bonchev–Trinajstić information content (AvgIpc) is 2.42. The Balaban J connectivity index is 2.80. The van der Waals surface area contributed by atoms with Crippen LogP contribution in [0.1, 0.15) is 27.7 Å². The monoisotopic (exact) mass is 300 g/mol. The van der Waals surface area contributed by atoms with E-state index in [1.807, 2.05) is 24.3 Å². The van der Waals surface area contributed by atoms with Gasteiger partial charge >= 0.3 is 7.75 Å². The largest absolute Gasteiger partial charge is 0.432 e. The average molecular weight is 300 g/mol. The molecule has 1 rings (SSSR count). The van der Waals surface area contributed by atoms with Crippen LogP contribution >= 0.6 is 7.75 Å². The van der Waals surface area contributed by atoms with Crippen LogP contribution in [0.25, 0.3) is 0 Å². The Morgan fingerprint density at radius 2 is 1.50 bits per heavy atom. The number of hydrogen-bond donors (Lipinski definition) is 1. The molecular formula is C14H25N2O3P. The van der Waals surface area contributed by atoms with Crippen LogP contribution in [0.2, 0.25) is 0 Å². The second kappa shape index (κ2) is 8.30. The van der Waals surface area contributed by atoms with Crippen LogP contribution in [0.3, 0.4) is 0 Å². The number of rotatable bonds is 9. The minimum absolute atomic E-state index is 0.335. The maximum atomic E-state index is 12.3. The Kier molecular flexibility index (Phi) is 7.06. The number of nitrogens with one attached hydrogen (secondary N) is 1. The van der Waals surface area contributed by atoms with Gasteiger partial charge in [0.1, 0.15) is 0 Å². The maximum absolute atomic E-state index is 12.3. The fraction of sp³-hybridized carbons (Fsp3) is 0.571. The van der Waals surface area contributed by atoms with Gasteiger partial charge in [-0.15, -0.1) is 0 Å². The summed E-state index contributed by atoms with van der Waals surface area (Å²) in [6.07, 6.45) is 0. The first-order valence-corrected chi connectivity index (χ1v) is 8.65. The highest BCUT2D eigenvalue weighted by Gasteiger charge is 2.23. The molecule has 0 aliphatic rings. The Morgan fingerprint density at radius 3 is 1.90 bits per heavy atom. The molecule has 0 unspecified atom stereocenters. The van der Waals surface area contributed by atoms with E-state index in [-0.39, 0.29) is 0 Å². The molecule has 0 saturated carbocycles. The van der Waals surface area contributed by atoms with Gasteiger partial charge in [-0.05, 0) is 52.0 Å². The summed E-state index contributed by atoms with van der Waals surface area (Å²) in [6, 6.07) is 7.77. The lowest BCUT2D eigenvalue weighted by molar-refractivity contribution is 0.225. The van der Waals surface area contributed by atoms with Gasteiger partial charge in [0.15, 0.2) is 0 Å². The molecule has 0 atom stereocenters. The molecule has 0 saturated heterocycles. The van der Waals surface area contributed by atoms with Gasteiger partial charge in [-0.3, -0.25) is 14.1 Å². The molecule has 6 heteroatoms. The van der Waals surface area contributed by atoms with Crippen molar-refractivity contribution in [1.29, 1.82) is 0 Å². The highest BCUT2D eigenvalue weighted by molar-refractivity contribution is 7.55. The molecule has 0 aliphatic carbocycles. The quantitative estimate of drug-likeness (QED) is 0.695. The van der Waals surface area contributed by atoms with Crippen LogP contribution in [-0.2, 0) is 13.6 Å². The summed E-state index contributed by atoms with van der Waals surface area (Å²) in [5.41, 5.74) is 1.87. The van der Waals surface area contributed by atoms with E-state index in [0.29, 0.717) is 13.2 Å². The Hall–Kier alpha value is -1.03. The second-order valence-electron chi connectivity index (χ2n) is 4.16. The summed E-state index contributed by atoms with van der Waals surface area (Å²) >= 11 is 0. The Labute approximate surface area is 121 Å². The molecule has 20 heavy (non-hydrogen) atoms. The third-order valence-corrected chi connectivity index (χ3v) is 4.59. The van der Waals surface area contributed by atoms with Crippen molar-refractivity contribution in [2.24, 2.45) is 0 Å². The van der Waals surface area contributed by atoms with E-state index in [1.165, 1.54) is 0 Å². The molecule has 1 aromatic rings. The van der Waals surface area contributed by atoms with Crippen LogP contribution in [0.5, 0.6) is 0 Å². The zero-order chi connectivity index (χ0) is 15.0. The van der Waals surface area contributed by atoms with Gasteiger partial charge in [-0.1, -0.05) is 0 Å². The van der Waals surface area contributed by atoms with Gasteiger partial charge < -0.3 is 4.90 Å². The fourth-order valence-corrected chi connectivity index (χ4v) is 3.28. The van der Waals surface area contributed by atoms with Crippen molar-refractivity contribution >= 4 is 19.1 Å². The Morgan fingerprint density at radius 1 is 1.00 bits per heavy atom. The van der Waals surface area contributed by atoms with Crippen LogP contribution < -0.4 is 9.99 Å². The highest BCUT2D eigenvalue weighted by Crippen LogP contribution is 2.47. The zero-order valence-electron chi connectivity index (χ0n) is 12.8. The van der Waals surface area contributed by atoms with Crippen molar-refractivity contribution in [1.82, 2.24) is 0 Å². The number of nitrogens with zero attached hydrogens (tertiary/aromatic N) is 1. The lowest BCUT2D eigenvalue weighted by Crippen LogP contribution is -2.21. The summed E-state index contributed by atoms with van der Waals surface area (Å²) < 4.78 is 22.8. The van der Waals surface area contributed by atoms with Crippen molar-refractivity contribution < 1.29 is 13.6 Å². The molecule has 0 fully saturated rings. The molecule has 0 radical (unpaired) electrons. The van der Waals surface area contributed by atoms with Crippen LogP contribution in [0, 0.1) is 0 Å². The van der Waals surface area contributed by atoms with E-state index >= 15 is 0 Å². The summed E-state index contributed by atoms with van der Waals surface area (Å²) in [6.45, 7) is 10.4. The molecule has 1 aromatic carbocycles. The van der Waals surface area contributed by atoms with Gasteiger partial charge in [0.2, 0.25) is 0 Å². The molecule has 114 valence electrons. The predicted octanol–water partition coefficient (Wildman–Crippen LogP) is 4.13. The van der Waals surface area contributed by atoms with Gasteiger partial charge in [-0.2, -0.15) is 0 Å². The van der Waals surface area contributed by atoms with Crippen molar-refractivity contribution in [3.63, 3.8) is 0 Å². The highest BCUT2D eigenvalue weighted by atomic mass is 31.2. The SMILES string of the molecule is CCOP(=O)(Nc1ccc(N(CC)CC)cc1)OCC. The van der Waals surface area contributed by atoms with E-state index in [1.54, 1.807) is 13.8 Å². The second-order valence-corrected chi connectivity index (χ2v) is 5.90. The third-order valence-electron chi connectivity index (χ3n) is 2.86. The fourth-order valence-electron chi connectivity index (χ4n) is 1.94. The molecule has 0 amide bonds. The summed E-state index contributed by atoms with van der Waals surface area (Å²) in [4.78, 5) is 2.24.